The van der Waals surface area contributed by atoms with Crippen LogP contribution in [-0.2, 0) is 24.0 Å². The number of nitrogens with zero attached hydrogens (tertiary/aromatic N) is 1. The van der Waals surface area contributed by atoms with Crippen LogP contribution in [0.4, 0.5) is 0 Å². The maximum Gasteiger partial charge on any atom is 0.326 e. The highest BCUT2D eigenvalue weighted by Gasteiger charge is 2.29. The molecule has 0 radical (unpaired) electrons. The molecule has 0 aromatic rings. The average Bonchev–Trinajstić information content (AvgIpc) is 2.66. The quantitative estimate of drug-likeness (QED) is 0.0712. The lowest BCUT2D eigenvalue weighted by molar-refractivity contribution is -0.144. The molecule has 170 valence electrons. The average molecular weight is 432 g/mol. The van der Waals surface area contributed by atoms with Crippen molar-refractivity contribution in [3.63, 3.8) is 0 Å². The first-order valence-corrected chi connectivity index (χ1v) is 8.79. The van der Waals surface area contributed by atoms with E-state index in [1.54, 1.807) is 0 Å². The fraction of sp³-hybridized carbons (Fsp3) is 0.600. The van der Waals surface area contributed by atoms with Gasteiger partial charge in [0.05, 0.1) is 19.6 Å². The van der Waals surface area contributed by atoms with Crippen LogP contribution >= 0.6 is 0 Å². The molecule has 0 aliphatic rings. The molecule has 0 fully saturated rings. The Hall–Kier alpha value is -3.46. The molecule has 4 amide bonds. The maximum absolute atomic E-state index is 12.5. The lowest BCUT2D eigenvalue weighted by Crippen LogP contribution is -2.57. The Morgan fingerprint density at radius 2 is 1.47 bits per heavy atom. The molecule has 0 rings (SSSR count). The molecule has 0 heterocycles. The zero-order valence-electron chi connectivity index (χ0n) is 16.2. The number of nitrogens with one attached hydrogen (secondary N) is 3. The summed E-state index contributed by atoms with van der Waals surface area (Å²) in [4.78, 5) is 62.0. The van der Waals surface area contributed by atoms with Crippen LogP contribution in [0.1, 0.15) is 19.3 Å². The smallest absolute Gasteiger partial charge is 0.326 e. The summed E-state index contributed by atoms with van der Waals surface area (Å²) >= 11 is 0. The van der Waals surface area contributed by atoms with Crippen molar-refractivity contribution in [1.82, 2.24) is 16.0 Å². The van der Waals surface area contributed by atoms with Crippen molar-refractivity contribution in [2.24, 2.45) is 27.9 Å². The number of aliphatic hydroxyl groups is 1. The minimum absolute atomic E-state index is 0.0769. The van der Waals surface area contributed by atoms with E-state index in [0.717, 1.165) is 0 Å². The zero-order valence-corrected chi connectivity index (χ0v) is 16.2. The molecular weight excluding hydrogens is 404 g/mol. The fourth-order valence-electron chi connectivity index (χ4n) is 2.17. The number of hydrogen-bond donors (Lipinski definition) is 9. The Morgan fingerprint density at radius 1 is 0.900 bits per heavy atom. The number of primary amides is 1. The summed E-state index contributed by atoms with van der Waals surface area (Å²) in [5.41, 5.74) is 20.5. The number of guanidine groups is 1. The normalized spacial score (nSPS) is 13.3. The van der Waals surface area contributed by atoms with E-state index >= 15 is 0 Å². The van der Waals surface area contributed by atoms with Crippen LogP contribution in [0.25, 0.3) is 0 Å². The van der Waals surface area contributed by atoms with E-state index in [0.29, 0.717) is 0 Å². The fourth-order valence-corrected chi connectivity index (χ4v) is 2.17. The molecule has 0 aromatic carbocycles. The number of carbonyl (C=O) groups excluding carboxylic acids is 4. The number of hydrogen-bond acceptors (Lipinski definition) is 8. The third-order valence-electron chi connectivity index (χ3n) is 3.62. The monoisotopic (exact) mass is 432 g/mol. The van der Waals surface area contributed by atoms with Crippen molar-refractivity contribution in [3.05, 3.63) is 0 Å². The Morgan fingerprint density at radius 3 is 1.93 bits per heavy atom. The summed E-state index contributed by atoms with van der Waals surface area (Å²) < 4.78 is 0. The highest BCUT2D eigenvalue weighted by atomic mass is 16.4. The molecule has 0 spiro atoms. The topological polar surface area (TPSA) is 278 Å². The van der Waals surface area contributed by atoms with Crippen LogP contribution in [0.3, 0.4) is 0 Å². The van der Waals surface area contributed by atoms with E-state index < -0.39 is 67.3 Å². The molecule has 0 saturated carbocycles. The molecule has 0 saturated heterocycles. The van der Waals surface area contributed by atoms with Gasteiger partial charge >= 0.3 is 5.97 Å². The number of aliphatic carboxylic acids is 1. The summed E-state index contributed by atoms with van der Waals surface area (Å²) in [7, 11) is 0. The van der Waals surface area contributed by atoms with Crippen molar-refractivity contribution in [1.29, 1.82) is 0 Å². The maximum atomic E-state index is 12.5. The lowest BCUT2D eigenvalue weighted by Gasteiger charge is -2.23. The number of aliphatic imine (C=N–C) groups is 1. The van der Waals surface area contributed by atoms with Crippen molar-refractivity contribution in [2.75, 3.05) is 19.7 Å². The van der Waals surface area contributed by atoms with E-state index in [9.17, 15) is 29.1 Å². The van der Waals surface area contributed by atoms with Gasteiger partial charge in [0.1, 0.15) is 18.1 Å². The van der Waals surface area contributed by atoms with Crippen LogP contribution in [0.15, 0.2) is 4.99 Å². The largest absolute Gasteiger partial charge is 0.480 e. The summed E-state index contributed by atoms with van der Waals surface area (Å²) in [5.74, 6) is -5.20. The molecule has 0 aliphatic heterocycles. The molecule has 0 aromatic heterocycles. The molecule has 0 bridgehead atoms. The number of carboxylic acids is 1. The number of carboxylic acid groups (broad SMARTS) is 1. The van der Waals surface area contributed by atoms with Crippen LogP contribution in [0.2, 0.25) is 0 Å². The SMILES string of the molecule is NCC(=O)NC(CCCN=C(N)N)C(=O)NC(CO)C(=O)NC(CC(N)=O)C(=O)O. The lowest BCUT2D eigenvalue weighted by atomic mass is 10.1. The molecule has 3 unspecified atom stereocenters. The molecule has 15 heteroatoms. The molecule has 3 atom stereocenters. The molecule has 15 nitrogen and oxygen atoms in total. The van der Waals surface area contributed by atoms with Crippen molar-refractivity contribution in [2.45, 2.75) is 37.4 Å². The van der Waals surface area contributed by atoms with Gasteiger partial charge in [0, 0.05) is 6.54 Å². The minimum Gasteiger partial charge on any atom is -0.480 e. The van der Waals surface area contributed by atoms with Gasteiger partial charge in [-0.1, -0.05) is 0 Å². The van der Waals surface area contributed by atoms with Crippen LogP contribution < -0.4 is 38.9 Å². The summed E-state index contributed by atoms with van der Waals surface area (Å²) in [6.07, 6.45) is -0.322. The second-order valence-electron chi connectivity index (χ2n) is 6.09. The minimum atomic E-state index is -1.65. The number of carbonyl (C=O) groups is 5. The second kappa shape index (κ2) is 13.7. The summed E-state index contributed by atoms with van der Waals surface area (Å²) in [6.45, 7) is -1.11. The highest BCUT2D eigenvalue weighted by molar-refractivity contribution is 5.94. The predicted octanol–water partition coefficient (Wildman–Crippen LogP) is -5.59. The van der Waals surface area contributed by atoms with E-state index in [1.165, 1.54) is 0 Å². The predicted molar refractivity (Wildman–Crippen MR) is 103 cm³/mol. The van der Waals surface area contributed by atoms with E-state index in [2.05, 4.69) is 15.6 Å². The standard InChI is InChI=1S/C15H28N8O7/c16-5-11(26)21-7(2-1-3-20-15(18)19)12(27)23-9(6-24)13(28)22-8(14(29)30)4-10(17)25/h7-9,24H,1-6,16H2,(H2,17,25)(H,21,26)(H,22,28)(H,23,27)(H,29,30)(H4,18,19,20). The number of rotatable bonds is 14. The van der Waals surface area contributed by atoms with Gasteiger partial charge in [-0.3, -0.25) is 24.2 Å². The molecule has 0 aliphatic carbocycles. The van der Waals surface area contributed by atoms with Crippen LogP contribution in [0.5, 0.6) is 0 Å². The Balaban J connectivity index is 5.12. The third-order valence-corrected chi connectivity index (χ3v) is 3.62. The van der Waals surface area contributed by atoms with Gasteiger partial charge in [0.2, 0.25) is 23.6 Å². The van der Waals surface area contributed by atoms with Crippen molar-refractivity contribution in [3.8, 4) is 0 Å². The third kappa shape index (κ3) is 10.8. The molecule has 13 N–H and O–H groups in total. The summed E-state index contributed by atoms with van der Waals surface area (Å²) in [5, 5.41) is 25.0. The van der Waals surface area contributed by atoms with Gasteiger partial charge in [0.15, 0.2) is 5.96 Å². The Bertz CT molecular complexity index is 665. The molecular formula is C15H28N8O7. The number of nitrogens with two attached hydrogens (primary N) is 4. The van der Waals surface area contributed by atoms with E-state index in [-0.39, 0.29) is 25.3 Å². The van der Waals surface area contributed by atoms with Crippen molar-refractivity contribution < 1.29 is 34.2 Å². The number of amides is 4. The highest BCUT2D eigenvalue weighted by Crippen LogP contribution is 2.01. The Kier molecular flexibility index (Phi) is 12.1. The van der Waals surface area contributed by atoms with Gasteiger partial charge in [0.25, 0.3) is 0 Å². The Labute approximate surface area is 171 Å². The van der Waals surface area contributed by atoms with Crippen LogP contribution in [-0.4, -0.2) is 83.6 Å². The second-order valence-corrected chi connectivity index (χ2v) is 6.09. The number of aliphatic hydroxyl groups excluding tert-OH is 1. The van der Waals surface area contributed by atoms with Gasteiger partial charge < -0.3 is 49.1 Å². The first-order chi connectivity index (χ1) is 14.0. The van der Waals surface area contributed by atoms with Gasteiger partial charge in [-0.15, -0.1) is 0 Å². The first kappa shape index (κ1) is 26.5. The van der Waals surface area contributed by atoms with E-state index in [1.807, 2.05) is 5.32 Å². The first-order valence-electron chi connectivity index (χ1n) is 8.79. The zero-order chi connectivity index (χ0) is 23.3. The van der Waals surface area contributed by atoms with Crippen LogP contribution in [0, 0.1) is 0 Å². The summed E-state index contributed by atoms with van der Waals surface area (Å²) in [6, 6.07) is -4.33. The van der Waals surface area contributed by atoms with Crippen molar-refractivity contribution >= 4 is 35.6 Å². The van der Waals surface area contributed by atoms with Gasteiger partial charge in [-0.2, -0.15) is 0 Å². The van der Waals surface area contributed by atoms with Gasteiger partial charge in [-0.25, -0.2) is 4.79 Å². The van der Waals surface area contributed by atoms with E-state index in [4.69, 9.17) is 28.0 Å². The van der Waals surface area contributed by atoms with Gasteiger partial charge in [-0.05, 0) is 12.8 Å². The molecule has 30 heavy (non-hydrogen) atoms.